The van der Waals surface area contributed by atoms with E-state index in [0.717, 1.165) is 5.56 Å². The molecule has 36 heavy (non-hydrogen) atoms. The molecular weight excluding hydrogens is 478 g/mol. The summed E-state index contributed by atoms with van der Waals surface area (Å²) in [5.74, 6) is -0.393. The number of aromatic nitrogens is 4. The number of imidazole rings is 1. The third-order valence-electron chi connectivity index (χ3n) is 6.85. The van der Waals surface area contributed by atoms with Crippen LogP contribution in [-0.2, 0) is 18.7 Å². The molecule has 1 aliphatic heterocycles. The van der Waals surface area contributed by atoms with Gasteiger partial charge in [-0.15, -0.1) is 0 Å². The lowest BCUT2D eigenvalue weighted by Gasteiger charge is -2.37. The standard InChI is InChI=1S/C25H33N5O5Si/c1-25(2,3)36(4,5)33-13-17-20(32)21(35-18(31)12-11-16-9-7-6-8-10-16)24(34-17)30-15-29-19-22(26)27-14-28-23(19)30/h6-12,14-15,17,20-21,24,32H,13H2,1-5H3,(H2,26,27,28)/b12-11+/t17-,20-,21-,24-/m1/s1. The predicted molar refractivity (Wildman–Crippen MR) is 138 cm³/mol. The molecule has 0 unspecified atom stereocenters. The van der Waals surface area contributed by atoms with Gasteiger partial charge in [-0.3, -0.25) is 4.57 Å². The lowest BCUT2D eigenvalue weighted by Crippen LogP contribution is -2.44. The molecule has 10 nitrogen and oxygen atoms in total. The second-order valence-electron chi connectivity index (χ2n) is 10.4. The van der Waals surface area contributed by atoms with Crippen molar-refractivity contribution >= 4 is 37.3 Å². The number of ether oxygens (including phenoxy) is 2. The lowest BCUT2D eigenvalue weighted by molar-refractivity contribution is -0.152. The van der Waals surface area contributed by atoms with Gasteiger partial charge >= 0.3 is 5.97 Å². The second-order valence-corrected chi connectivity index (χ2v) is 15.2. The van der Waals surface area contributed by atoms with Crippen LogP contribution < -0.4 is 5.73 Å². The Morgan fingerprint density at radius 2 is 1.94 bits per heavy atom. The molecule has 1 fully saturated rings. The van der Waals surface area contributed by atoms with E-state index in [-0.39, 0.29) is 17.5 Å². The lowest BCUT2D eigenvalue weighted by atomic mass is 10.1. The Morgan fingerprint density at radius 3 is 2.64 bits per heavy atom. The van der Waals surface area contributed by atoms with Crippen molar-refractivity contribution in [2.24, 2.45) is 0 Å². The number of anilines is 1. The number of nitrogens with zero attached hydrogens (tertiary/aromatic N) is 4. The van der Waals surface area contributed by atoms with Crippen LogP contribution in [0.25, 0.3) is 17.2 Å². The number of carbonyl (C=O) groups excluding carboxylic acids is 1. The Bertz CT molecular complexity index is 1240. The number of hydrogen-bond donors (Lipinski definition) is 2. The molecule has 1 aliphatic rings. The van der Waals surface area contributed by atoms with Crippen LogP contribution >= 0.6 is 0 Å². The van der Waals surface area contributed by atoms with E-state index in [1.165, 1.54) is 18.7 Å². The summed E-state index contributed by atoms with van der Waals surface area (Å²) < 4.78 is 19.8. The van der Waals surface area contributed by atoms with Crippen molar-refractivity contribution < 1.29 is 23.8 Å². The molecular formula is C25H33N5O5Si. The van der Waals surface area contributed by atoms with Crippen molar-refractivity contribution in [3.05, 3.63) is 54.6 Å². The van der Waals surface area contributed by atoms with Crippen LogP contribution in [0.1, 0.15) is 32.6 Å². The summed E-state index contributed by atoms with van der Waals surface area (Å²) in [5.41, 5.74) is 7.59. The summed E-state index contributed by atoms with van der Waals surface area (Å²) in [7, 11) is -2.11. The molecule has 1 aromatic carbocycles. The summed E-state index contributed by atoms with van der Waals surface area (Å²) in [6.07, 6.45) is 2.01. The molecule has 0 spiro atoms. The van der Waals surface area contributed by atoms with Crippen molar-refractivity contribution in [1.82, 2.24) is 19.5 Å². The predicted octanol–water partition coefficient (Wildman–Crippen LogP) is 3.31. The van der Waals surface area contributed by atoms with E-state index >= 15 is 0 Å². The molecule has 4 rings (SSSR count). The molecule has 0 aliphatic carbocycles. The van der Waals surface area contributed by atoms with Crippen molar-refractivity contribution in [3.8, 4) is 0 Å². The number of hydrogen-bond acceptors (Lipinski definition) is 9. The third kappa shape index (κ3) is 5.33. The Balaban J connectivity index is 1.59. The fourth-order valence-electron chi connectivity index (χ4n) is 3.67. The molecule has 0 saturated carbocycles. The van der Waals surface area contributed by atoms with Crippen molar-refractivity contribution in [3.63, 3.8) is 0 Å². The number of rotatable bonds is 7. The largest absolute Gasteiger partial charge is 0.451 e. The Kier molecular flexibility index (Phi) is 7.28. The van der Waals surface area contributed by atoms with Gasteiger partial charge in [-0.1, -0.05) is 51.1 Å². The molecule has 0 bridgehead atoms. The monoisotopic (exact) mass is 511 g/mol. The number of carbonyl (C=O) groups is 1. The van der Waals surface area contributed by atoms with Crippen LogP contribution in [-0.4, -0.2) is 63.8 Å². The molecule has 1 saturated heterocycles. The highest BCUT2D eigenvalue weighted by Crippen LogP contribution is 2.39. The number of benzene rings is 1. The molecule has 3 N–H and O–H groups in total. The van der Waals surface area contributed by atoms with Gasteiger partial charge in [-0.25, -0.2) is 19.7 Å². The van der Waals surface area contributed by atoms with Crippen molar-refractivity contribution in [1.29, 1.82) is 0 Å². The summed E-state index contributed by atoms with van der Waals surface area (Å²) >= 11 is 0. The molecule has 2 aromatic heterocycles. The van der Waals surface area contributed by atoms with Gasteiger partial charge in [0.05, 0.1) is 12.9 Å². The van der Waals surface area contributed by atoms with Crippen LogP contribution in [0.3, 0.4) is 0 Å². The quantitative estimate of drug-likeness (QED) is 0.278. The maximum atomic E-state index is 12.7. The zero-order valence-corrected chi connectivity index (χ0v) is 22.2. The van der Waals surface area contributed by atoms with Crippen LogP contribution in [0.2, 0.25) is 18.1 Å². The summed E-state index contributed by atoms with van der Waals surface area (Å²) in [5, 5.41) is 11.2. The Morgan fingerprint density at radius 1 is 1.22 bits per heavy atom. The maximum absolute atomic E-state index is 12.7. The highest BCUT2D eigenvalue weighted by molar-refractivity contribution is 6.74. The van der Waals surface area contributed by atoms with Gasteiger partial charge in [0.2, 0.25) is 0 Å². The maximum Gasteiger partial charge on any atom is 0.331 e. The smallest absolute Gasteiger partial charge is 0.331 e. The molecule has 11 heteroatoms. The van der Waals surface area contributed by atoms with E-state index in [9.17, 15) is 9.90 Å². The average Bonchev–Trinajstić information content (AvgIpc) is 3.39. The number of aliphatic hydroxyl groups is 1. The van der Waals surface area contributed by atoms with Crippen LogP contribution in [0.15, 0.2) is 49.1 Å². The fourth-order valence-corrected chi connectivity index (χ4v) is 4.69. The van der Waals surface area contributed by atoms with E-state index in [4.69, 9.17) is 19.6 Å². The molecule has 0 radical (unpaired) electrons. The van der Waals surface area contributed by atoms with Gasteiger partial charge in [0.25, 0.3) is 0 Å². The van der Waals surface area contributed by atoms with Crippen LogP contribution in [0.4, 0.5) is 5.82 Å². The SMILES string of the molecule is CC(C)(C)[Si](C)(C)OC[C@H]1O[C@@H](n2cnc3c(N)ncnc32)[C@H](OC(=O)/C=C/c2ccccc2)[C@@H]1O. The van der Waals surface area contributed by atoms with Gasteiger partial charge in [-0.05, 0) is 29.8 Å². The first-order valence-corrected chi connectivity index (χ1v) is 14.7. The zero-order valence-electron chi connectivity index (χ0n) is 21.2. The number of aliphatic hydroxyl groups excluding tert-OH is 1. The zero-order chi connectivity index (χ0) is 26.1. The van der Waals surface area contributed by atoms with Crippen molar-refractivity contribution in [2.45, 2.75) is 63.4 Å². The summed E-state index contributed by atoms with van der Waals surface area (Å²) in [6, 6.07) is 9.39. The summed E-state index contributed by atoms with van der Waals surface area (Å²) in [6.45, 7) is 10.8. The second kappa shape index (κ2) is 10.1. The minimum atomic E-state index is -2.11. The average molecular weight is 512 g/mol. The number of fused-ring (bicyclic) bond motifs is 1. The van der Waals surface area contributed by atoms with E-state index in [0.29, 0.717) is 11.2 Å². The van der Waals surface area contributed by atoms with Crippen molar-refractivity contribution in [2.75, 3.05) is 12.3 Å². The first-order chi connectivity index (χ1) is 17.0. The topological polar surface area (TPSA) is 135 Å². The van der Waals surface area contributed by atoms with Crippen LogP contribution in [0, 0.1) is 0 Å². The third-order valence-corrected chi connectivity index (χ3v) is 11.4. The normalized spacial score (nSPS) is 22.9. The molecule has 192 valence electrons. The number of nitrogen functional groups attached to an aromatic ring is 1. The fraction of sp³-hybridized carbons (Fsp3) is 0.440. The number of nitrogens with two attached hydrogens (primary N) is 1. The van der Waals surface area contributed by atoms with E-state index < -0.39 is 38.8 Å². The highest BCUT2D eigenvalue weighted by Gasteiger charge is 2.49. The van der Waals surface area contributed by atoms with Gasteiger partial charge < -0.3 is 24.7 Å². The number of esters is 1. The Labute approximate surface area is 211 Å². The minimum absolute atomic E-state index is 0.0148. The highest BCUT2D eigenvalue weighted by atomic mass is 28.4. The Hall–Kier alpha value is -3.12. The minimum Gasteiger partial charge on any atom is -0.451 e. The molecule has 4 atom stereocenters. The summed E-state index contributed by atoms with van der Waals surface area (Å²) in [4.78, 5) is 25.3. The first kappa shape index (κ1) is 26.0. The van der Waals surface area contributed by atoms with Gasteiger partial charge in [0, 0.05) is 6.08 Å². The molecule has 0 amide bonds. The van der Waals surface area contributed by atoms with Gasteiger partial charge in [0.15, 0.2) is 32.1 Å². The van der Waals surface area contributed by atoms with E-state index in [1.807, 2.05) is 30.3 Å². The van der Waals surface area contributed by atoms with Crippen LogP contribution in [0.5, 0.6) is 0 Å². The first-order valence-electron chi connectivity index (χ1n) is 11.8. The van der Waals surface area contributed by atoms with Gasteiger partial charge in [-0.2, -0.15) is 0 Å². The van der Waals surface area contributed by atoms with E-state index in [1.54, 1.807) is 10.6 Å². The molecule has 3 aromatic rings. The molecule has 3 heterocycles. The van der Waals surface area contributed by atoms with E-state index in [2.05, 4.69) is 48.8 Å². The van der Waals surface area contributed by atoms with Gasteiger partial charge in [0.1, 0.15) is 24.1 Å².